The average Bonchev–Trinajstić information content (AvgIpc) is 2.44. The van der Waals surface area contributed by atoms with Gasteiger partial charge in [-0.3, -0.25) is 4.79 Å². The van der Waals surface area contributed by atoms with Crippen molar-refractivity contribution in [3.05, 3.63) is 33.8 Å². The highest BCUT2D eigenvalue weighted by Crippen LogP contribution is 2.29. The first kappa shape index (κ1) is 15.6. The summed E-state index contributed by atoms with van der Waals surface area (Å²) in [6, 6.07) is 5.63. The fourth-order valence-corrected chi connectivity index (χ4v) is 3.10. The summed E-state index contributed by atoms with van der Waals surface area (Å²) in [5.41, 5.74) is 0.999. The zero-order valence-electron chi connectivity index (χ0n) is 11.2. The van der Waals surface area contributed by atoms with E-state index in [1.54, 1.807) is 6.07 Å². The van der Waals surface area contributed by atoms with E-state index in [0.29, 0.717) is 22.5 Å². The third-order valence-electron chi connectivity index (χ3n) is 3.98. The van der Waals surface area contributed by atoms with Crippen LogP contribution < -0.4 is 5.32 Å². The molecule has 20 heavy (non-hydrogen) atoms. The van der Waals surface area contributed by atoms with Crippen LogP contribution in [0.25, 0.3) is 0 Å². The van der Waals surface area contributed by atoms with E-state index in [0.717, 1.165) is 37.8 Å². The molecule has 1 saturated carbocycles. The summed E-state index contributed by atoms with van der Waals surface area (Å²) in [7, 11) is 0. The molecule has 0 aliphatic heterocycles. The van der Waals surface area contributed by atoms with E-state index in [1.165, 1.54) is 0 Å². The molecule has 0 radical (unpaired) electrons. The molecule has 0 unspecified atom stereocenters. The van der Waals surface area contributed by atoms with Crippen LogP contribution in [-0.4, -0.2) is 17.6 Å². The van der Waals surface area contributed by atoms with Crippen LogP contribution in [0.2, 0.25) is 10.0 Å². The Labute approximate surface area is 129 Å². The highest BCUT2D eigenvalue weighted by atomic mass is 35.5. The van der Waals surface area contributed by atoms with Gasteiger partial charge in [0, 0.05) is 6.54 Å². The summed E-state index contributed by atoms with van der Waals surface area (Å²) in [6.07, 6.45) is 3.54. The second-order valence-electron chi connectivity index (χ2n) is 5.40. The van der Waals surface area contributed by atoms with Gasteiger partial charge in [0.05, 0.1) is 16.0 Å². The molecule has 1 aliphatic carbocycles. The molecule has 0 bridgehead atoms. The Morgan fingerprint density at radius 1 is 1.25 bits per heavy atom. The van der Waals surface area contributed by atoms with E-state index in [9.17, 15) is 4.79 Å². The third kappa shape index (κ3) is 4.11. The van der Waals surface area contributed by atoms with E-state index < -0.39 is 5.97 Å². The number of aliphatic carboxylic acids is 1. The van der Waals surface area contributed by atoms with Crippen molar-refractivity contribution < 1.29 is 9.90 Å². The zero-order valence-corrected chi connectivity index (χ0v) is 12.8. The van der Waals surface area contributed by atoms with Crippen LogP contribution >= 0.6 is 23.2 Å². The molecular weight excluding hydrogens is 297 g/mol. The molecule has 0 spiro atoms. The maximum atomic E-state index is 10.9. The maximum absolute atomic E-state index is 10.9. The van der Waals surface area contributed by atoms with Gasteiger partial charge in [0.1, 0.15) is 0 Å². The molecule has 3 nitrogen and oxygen atoms in total. The molecule has 0 atom stereocenters. The predicted octanol–water partition coefficient (Wildman–Crippen LogP) is 3.97. The van der Waals surface area contributed by atoms with E-state index in [2.05, 4.69) is 5.32 Å². The van der Waals surface area contributed by atoms with Crippen molar-refractivity contribution in [3.8, 4) is 0 Å². The van der Waals surface area contributed by atoms with Gasteiger partial charge >= 0.3 is 5.97 Å². The molecule has 2 N–H and O–H groups in total. The summed E-state index contributed by atoms with van der Waals surface area (Å²) >= 11 is 12.1. The van der Waals surface area contributed by atoms with Gasteiger partial charge in [-0.2, -0.15) is 0 Å². The number of nitrogens with one attached hydrogen (secondary N) is 1. The molecule has 0 saturated heterocycles. The SMILES string of the molecule is O=C(O)C1CCC(CNCc2cccc(Cl)c2Cl)CC1. The van der Waals surface area contributed by atoms with Gasteiger partial charge in [0.15, 0.2) is 0 Å². The molecule has 5 heteroatoms. The summed E-state index contributed by atoms with van der Waals surface area (Å²) in [5.74, 6) is -0.237. The lowest BCUT2D eigenvalue weighted by atomic mass is 9.82. The molecule has 0 heterocycles. The topological polar surface area (TPSA) is 49.3 Å². The Morgan fingerprint density at radius 2 is 1.95 bits per heavy atom. The summed E-state index contributed by atoms with van der Waals surface area (Å²) in [4.78, 5) is 10.9. The Bertz CT molecular complexity index is 471. The van der Waals surface area contributed by atoms with Crippen molar-refractivity contribution in [3.63, 3.8) is 0 Å². The van der Waals surface area contributed by atoms with Gasteiger partial charge < -0.3 is 10.4 Å². The van der Waals surface area contributed by atoms with Crippen molar-refractivity contribution in [1.82, 2.24) is 5.32 Å². The smallest absolute Gasteiger partial charge is 0.306 e. The molecule has 110 valence electrons. The number of carbonyl (C=O) groups is 1. The van der Waals surface area contributed by atoms with Crippen molar-refractivity contribution in [2.75, 3.05) is 6.54 Å². The summed E-state index contributed by atoms with van der Waals surface area (Å²) in [6.45, 7) is 1.59. The minimum Gasteiger partial charge on any atom is -0.481 e. The van der Waals surface area contributed by atoms with Crippen molar-refractivity contribution in [1.29, 1.82) is 0 Å². The number of benzene rings is 1. The van der Waals surface area contributed by atoms with Crippen LogP contribution in [0, 0.1) is 11.8 Å². The molecular formula is C15H19Cl2NO2. The van der Waals surface area contributed by atoms with Gasteiger partial charge in [0.2, 0.25) is 0 Å². The van der Waals surface area contributed by atoms with Crippen LogP contribution in [0.3, 0.4) is 0 Å². The number of rotatable bonds is 5. The highest BCUT2D eigenvalue weighted by molar-refractivity contribution is 6.42. The Balaban J connectivity index is 1.74. The van der Waals surface area contributed by atoms with Crippen molar-refractivity contribution in [2.45, 2.75) is 32.2 Å². The quantitative estimate of drug-likeness (QED) is 0.864. The van der Waals surface area contributed by atoms with E-state index in [4.69, 9.17) is 28.3 Å². The number of carboxylic acids is 1. The van der Waals surface area contributed by atoms with Crippen molar-refractivity contribution >= 4 is 29.2 Å². The van der Waals surface area contributed by atoms with Crippen LogP contribution in [0.15, 0.2) is 18.2 Å². The lowest BCUT2D eigenvalue weighted by Crippen LogP contribution is -2.28. The largest absolute Gasteiger partial charge is 0.481 e. The summed E-state index contributed by atoms with van der Waals surface area (Å²) in [5, 5.41) is 13.5. The monoisotopic (exact) mass is 315 g/mol. The molecule has 2 rings (SSSR count). The minimum atomic E-state index is -0.651. The van der Waals surface area contributed by atoms with Crippen LogP contribution in [-0.2, 0) is 11.3 Å². The van der Waals surface area contributed by atoms with Crippen molar-refractivity contribution in [2.24, 2.45) is 11.8 Å². The fourth-order valence-electron chi connectivity index (χ4n) is 2.71. The van der Waals surface area contributed by atoms with Gasteiger partial charge in [-0.1, -0.05) is 35.3 Å². The molecule has 0 amide bonds. The molecule has 0 aromatic heterocycles. The van der Waals surface area contributed by atoms with E-state index in [-0.39, 0.29) is 5.92 Å². The second-order valence-corrected chi connectivity index (χ2v) is 6.18. The van der Waals surface area contributed by atoms with Crippen LogP contribution in [0.1, 0.15) is 31.2 Å². The Morgan fingerprint density at radius 3 is 2.60 bits per heavy atom. The Kier molecular flexibility index (Phi) is 5.70. The first-order valence-electron chi connectivity index (χ1n) is 6.94. The first-order chi connectivity index (χ1) is 9.58. The highest BCUT2D eigenvalue weighted by Gasteiger charge is 2.25. The zero-order chi connectivity index (χ0) is 14.5. The fraction of sp³-hybridized carbons (Fsp3) is 0.533. The van der Waals surface area contributed by atoms with E-state index in [1.807, 2.05) is 12.1 Å². The van der Waals surface area contributed by atoms with Gasteiger partial charge in [-0.05, 0) is 49.8 Å². The first-order valence-corrected chi connectivity index (χ1v) is 7.70. The van der Waals surface area contributed by atoms with Gasteiger partial charge in [0.25, 0.3) is 0 Å². The molecule has 1 fully saturated rings. The number of hydrogen-bond donors (Lipinski definition) is 2. The Hall–Kier alpha value is -0.770. The minimum absolute atomic E-state index is 0.145. The number of hydrogen-bond acceptors (Lipinski definition) is 2. The van der Waals surface area contributed by atoms with Crippen LogP contribution in [0.4, 0.5) is 0 Å². The van der Waals surface area contributed by atoms with Crippen LogP contribution in [0.5, 0.6) is 0 Å². The summed E-state index contributed by atoms with van der Waals surface area (Å²) < 4.78 is 0. The molecule has 1 aromatic carbocycles. The molecule has 1 aromatic rings. The lowest BCUT2D eigenvalue weighted by molar-refractivity contribution is -0.143. The van der Waals surface area contributed by atoms with E-state index >= 15 is 0 Å². The number of carboxylic acid groups (broad SMARTS) is 1. The standard InChI is InChI=1S/C15H19Cl2NO2/c16-13-3-1-2-12(14(13)17)9-18-8-10-4-6-11(7-5-10)15(19)20/h1-3,10-11,18H,4-9H2,(H,19,20). The van der Waals surface area contributed by atoms with Gasteiger partial charge in [-0.15, -0.1) is 0 Å². The second kappa shape index (κ2) is 7.30. The van der Waals surface area contributed by atoms with Gasteiger partial charge in [-0.25, -0.2) is 0 Å². The maximum Gasteiger partial charge on any atom is 0.306 e. The number of halogens is 2. The average molecular weight is 316 g/mol. The normalized spacial score (nSPS) is 22.7. The molecule has 1 aliphatic rings. The lowest BCUT2D eigenvalue weighted by Gasteiger charge is -2.26. The third-order valence-corrected chi connectivity index (χ3v) is 4.83. The predicted molar refractivity (Wildman–Crippen MR) is 81.3 cm³/mol.